The van der Waals surface area contributed by atoms with Gasteiger partial charge in [-0.2, -0.15) is 0 Å². The summed E-state index contributed by atoms with van der Waals surface area (Å²) in [6.45, 7) is 0.916. The van der Waals surface area contributed by atoms with Gasteiger partial charge in [-0.15, -0.1) is 0 Å². The van der Waals surface area contributed by atoms with Crippen molar-refractivity contribution in [3.8, 4) is 0 Å². The molecule has 0 aromatic heterocycles. The fourth-order valence-electron chi connectivity index (χ4n) is 2.77. The second kappa shape index (κ2) is 6.27. The van der Waals surface area contributed by atoms with Crippen molar-refractivity contribution in [1.82, 2.24) is 0 Å². The van der Waals surface area contributed by atoms with E-state index in [-0.39, 0.29) is 0 Å². The van der Waals surface area contributed by atoms with Gasteiger partial charge in [0.25, 0.3) is 0 Å². The standard InChI is InChI=1S/C18H18BrN/c19-13-5-6-14-20-17-9-3-1-7-15(17)11-12-16-8-2-4-10-18(16)20/h1-7,9-10,12H,8,11,13-14H2. The zero-order valence-corrected chi connectivity index (χ0v) is 13.0. The second-order valence-corrected chi connectivity index (χ2v) is 5.63. The first-order valence-corrected chi connectivity index (χ1v) is 8.15. The Morgan fingerprint density at radius 1 is 1.15 bits per heavy atom. The van der Waals surface area contributed by atoms with Crippen LogP contribution in [-0.4, -0.2) is 11.9 Å². The summed E-state index contributed by atoms with van der Waals surface area (Å²) < 4.78 is 0. The van der Waals surface area contributed by atoms with Crippen LogP contribution < -0.4 is 4.90 Å². The van der Waals surface area contributed by atoms with Gasteiger partial charge in [-0.25, -0.2) is 0 Å². The van der Waals surface area contributed by atoms with Crippen LogP contribution in [0.15, 0.2) is 72.0 Å². The zero-order chi connectivity index (χ0) is 13.8. The number of allylic oxidation sites excluding steroid dienone is 6. The summed E-state index contributed by atoms with van der Waals surface area (Å²) in [5.41, 5.74) is 5.52. The summed E-state index contributed by atoms with van der Waals surface area (Å²) in [5.74, 6) is 0. The zero-order valence-electron chi connectivity index (χ0n) is 11.4. The minimum atomic E-state index is 0.907. The number of alkyl halides is 1. The molecular weight excluding hydrogens is 310 g/mol. The number of nitrogens with zero attached hydrogens (tertiary/aromatic N) is 1. The highest BCUT2D eigenvalue weighted by atomic mass is 79.9. The molecule has 1 aromatic carbocycles. The van der Waals surface area contributed by atoms with Crippen molar-refractivity contribution >= 4 is 21.6 Å². The normalized spacial score (nSPS) is 17.4. The maximum absolute atomic E-state index is 3.45. The monoisotopic (exact) mass is 327 g/mol. The van der Waals surface area contributed by atoms with E-state index in [1.807, 2.05) is 0 Å². The number of anilines is 1. The molecule has 0 fully saturated rings. The second-order valence-electron chi connectivity index (χ2n) is 4.98. The third-order valence-electron chi connectivity index (χ3n) is 3.74. The third kappa shape index (κ3) is 2.66. The van der Waals surface area contributed by atoms with Crippen LogP contribution in [0.3, 0.4) is 0 Å². The van der Waals surface area contributed by atoms with Crippen LogP contribution in [0.1, 0.15) is 12.0 Å². The molecule has 1 aromatic rings. The van der Waals surface area contributed by atoms with Gasteiger partial charge in [-0.1, -0.05) is 64.5 Å². The number of para-hydroxylation sites is 1. The largest absolute Gasteiger partial charge is 0.337 e. The van der Waals surface area contributed by atoms with E-state index in [1.165, 1.54) is 22.5 Å². The predicted molar refractivity (Wildman–Crippen MR) is 90.3 cm³/mol. The van der Waals surface area contributed by atoms with E-state index in [1.54, 1.807) is 0 Å². The molecule has 0 unspecified atom stereocenters. The molecule has 2 aliphatic rings. The first kappa shape index (κ1) is 13.4. The molecular formula is C18H18BrN. The SMILES string of the molecule is BrCC=CCN1C2=CC=CCC2=CCc2ccccc21. The van der Waals surface area contributed by atoms with Crippen molar-refractivity contribution in [1.29, 1.82) is 0 Å². The Labute approximate surface area is 129 Å². The maximum Gasteiger partial charge on any atom is 0.0449 e. The van der Waals surface area contributed by atoms with Crippen molar-refractivity contribution in [2.24, 2.45) is 0 Å². The smallest absolute Gasteiger partial charge is 0.0449 e. The molecule has 1 aliphatic carbocycles. The highest BCUT2D eigenvalue weighted by molar-refractivity contribution is 9.09. The van der Waals surface area contributed by atoms with Crippen molar-refractivity contribution in [2.45, 2.75) is 12.8 Å². The molecule has 0 saturated carbocycles. The Hall–Kier alpha value is -1.54. The van der Waals surface area contributed by atoms with E-state index in [2.05, 4.69) is 81.6 Å². The molecule has 0 spiro atoms. The summed E-state index contributed by atoms with van der Waals surface area (Å²) in [7, 11) is 0. The maximum atomic E-state index is 3.45. The minimum Gasteiger partial charge on any atom is -0.337 e. The number of hydrogen-bond acceptors (Lipinski definition) is 1. The van der Waals surface area contributed by atoms with Crippen LogP contribution >= 0.6 is 15.9 Å². The first-order valence-electron chi connectivity index (χ1n) is 7.03. The van der Waals surface area contributed by atoms with E-state index in [0.717, 1.165) is 24.7 Å². The molecule has 1 nitrogen and oxygen atoms in total. The van der Waals surface area contributed by atoms with Gasteiger partial charge in [0, 0.05) is 23.3 Å². The van der Waals surface area contributed by atoms with Gasteiger partial charge in [-0.3, -0.25) is 0 Å². The average molecular weight is 328 g/mol. The highest BCUT2D eigenvalue weighted by Crippen LogP contribution is 2.34. The summed E-state index contributed by atoms with van der Waals surface area (Å²) in [4.78, 5) is 2.43. The lowest BCUT2D eigenvalue weighted by molar-refractivity contribution is 0.990. The van der Waals surface area contributed by atoms with E-state index >= 15 is 0 Å². The molecule has 0 radical (unpaired) electrons. The van der Waals surface area contributed by atoms with Gasteiger partial charge >= 0.3 is 0 Å². The lowest BCUT2D eigenvalue weighted by Gasteiger charge is -2.28. The molecule has 0 atom stereocenters. The third-order valence-corrected chi connectivity index (χ3v) is 4.12. The fraction of sp³-hybridized carbons (Fsp3) is 0.222. The van der Waals surface area contributed by atoms with Gasteiger partial charge in [0.05, 0.1) is 0 Å². The molecule has 20 heavy (non-hydrogen) atoms. The van der Waals surface area contributed by atoms with Crippen molar-refractivity contribution in [3.05, 3.63) is 77.6 Å². The van der Waals surface area contributed by atoms with Gasteiger partial charge in [0.15, 0.2) is 0 Å². The van der Waals surface area contributed by atoms with E-state index in [9.17, 15) is 0 Å². The van der Waals surface area contributed by atoms with Crippen LogP contribution in [0.4, 0.5) is 5.69 Å². The van der Waals surface area contributed by atoms with Crippen LogP contribution in [0, 0.1) is 0 Å². The van der Waals surface area contributed by atoms with Gasteiger partial charge in [-0.05, 0) is 36.1 Å². The quantitative estimate of drug-likeness (QED) is 0.571. The molecule has 102 valence electrons. The number of rotatable bonds is 3. The van der Waals surface area contributed by atoms with Gasteiger partial charge in [0.1, 0.15) is 0 Å². The molecule has 0 bridgehead atoms. The fourth-order valence-corrected chi connectivity index (χ4v) is 3.03. The average Bonchev–Trinajstić information content (AvgIpc) is 2.66. The molecule has 0 N–H and O–H groups in total. The Balaban J connectivity index is 2.03. The lowest BCUT2D eigenvalue weighted by atomic mass is 10.0. The van der Waals surface area contributed by atoms with E-state index in [4.69, 9.17) is 0 Å². The van der Waals surface area contributed by atoms with Crippen molar-refractivity contribution < 1.29 is 0 Å². The number of benzene rings is 1. The minimum absolute atomic E-state index is 0.907. The molecule has 2 heteroatoms. The van der Waals surface area contributed by atoms with Crippen LogP contribution in [0.2, 0.25) is 0 Å². The summed E-state index contributed by atoms with van der Waals surface area (Å²) in [6.07, 6.45) is 15.5. The molecule has 0 saturated heterocycles. The summed E-state index contributed by atoms with van der Waals surface area (Å²) in [5, 5.41) is 0.907. The van der Waals surface area contributed by atoms with E-state index in [0.29, 0.717) is 0 Å². The van der Waals surface area contributed by atoms with Crippen LogP contribution in [0.25, 0.3) is 0 Å². The lowest BCUT2D eigenvalue weighted by Crippen LogP contribution is -2.24. The molecule has 3 rings (SSSR count). The van der Waals surface area contributed by atoms with E-state index < -0.39 is 0 Å². The summed E-state index contributed by atoms with van der Waals surface area (Å²) in [6, 6.07) is 8.72. The van der Waals surface area contributed by atoms with Gasteiger partial charge in [0.2, 0.25) is 0 Å². The summed E-state index contributed by atoms with van der Waals surface area (Å²) >= 11 is 3.45. The number of fused-ring (bicyclic) bond motifs is 2. The Bertz CT molecular complexity index is 608. The predicted octanol–water partition coefficient (Wildman–Crippen LogP) is 4.77. The van der Waals surface area contributed by atoms with Crippen LogP contribution in [0.5, 0.6) is 0 Å². The molecule has 0 amide bonds. The van der Waals surface area contributed by atoms with Gasteiger partial charge < -0.3 is 4.90 Å². The molecule has 1 heterocycles. The number of hydrogen-bond donors (Lipinski definition) is 0. The topological polar surface area (TPSA) is 3.24 Å². The van der Waals surface area contributed by atoms with Crippen molar-refractivity contribution in [3.63, 3.8) is 0 Å². The highest BCUT2D eigenvalue weighted by Gasteiger charge is 2.20. The Kier molecular flexibility index (Phi) is 4.22. The Morgan fingerprint density at radius 2 is 2.05 bits per heavy atom. The number of halogens is 1. The first-order chi connectivity index (χ1) is 9.90. The van der Waals surface area contributed by atoms with Crippen LogP contribution in [-0.2, 0) is 6.42 Å². The Morgan fingerprint density at radius 3 is 2.95 bits per heavy atom. The van der Waals surface area contributed by atoms with Crippen molar-refractivity contribution in [2.75, 3.05) is 16.8 Å². The molecule has 1 aliphatic heterocycles.